The van der Waals surface area contributed by atoms with Crippen molar-refractivity contribution in [1.29, 1.82) is 0 Å². The molecule has 1 aromatic rings. The molecule has 1 aromatic heterocycles. The van der Waals surface area contributed by atoms with Crippen molar-refractivity contribution >= 4 is 29.5 Å². The van der Waals surface area contributed by atoms with Crippen LogP contribution in [0, 0.1) is 6.92 Å². The van der Waals surface area contributed by atoms with Gasteiger partial charge in [0.2, 0.25) is 4.34 Å². The monoisotopic (exact) mass is 349 g/mol. The Kier molecular flexibility index (Phi) is 4.84. The van der Waals surface area contributed by atoms with E-state index >= 15 is 0 Å². The summed E-state index contributed by atoms with van der Waals surface area (Å²) < 4.78 is 17.7. The molecule has 0 aliphatic rings. The lowest BCUT2D eigenvalue weighted by Crippen LogP contribution is -2.37. The van der Waals surface area contributed by atoms with E-state index in [1.54, 1.807) is 13.8 Å². The minimum absolute atomic E-state index is 0.0413. The summed E-state index contributed by atoms with van der Waals surface area (Å²) >= 11 is 1.26. The highest BCUT2D eigenvalue weighted by Gasteiger charge is 2.38. The Balaban J connectivity index is 3.43. The third kappa shape index (κ3) is 4.13. The molecule has 0 aliphatic carbocycles. The minimum Gasteiger partial charge on any atom is -0.384 e. The maximum Gasteiger partial charge on any atom is 0.204 e. The predicted molar refractivity (Wildman–Crippen MR) is 92.3 cm³/mol. The fourth-order valence-corrected chi connectivity index (χ4v) is 7.90. The van der Waals surface area contributed by atoms with Crippen molar-refractivity contribution in [1.82, 2.24) is 4.98 Å². The highest BCUT2D eigenvalue weighted by molar-refractivity contribution is 7.94. The first-order valence-corrected chi connectivity index (χ1v) is 12.2. The molecule has 0 aliphatic heterocycles. The molecule has 0 fully saturated rings. The first-order valence-electron chi connectivity index (χ1n) is 6.84. The molecule has 0 aromatic carbocycles. The second-order valence-electron chi connectivity index (χ2n) is 7.41. The van der Waals surface area contributed by atoms with Crippen molar-refractivity contribution in [3.63, 3.8) is 0 Å². The summed E-state index contributed by atoms with van der Waals surface area (Å²) in [4.78, 5) is 5.14. The molecule has 3 N–H and O–H groups in total. The first-order chi connectivity index (χ1) is 9.08. The third-order valence-corrected chi connectivity index (χ3v) is 12.7. The van der Waals surface area contributed by atoms with Gasteiger partial charge < -0.3 is 5.11 Å². The molecule has 0 radical (unpaired) electrons. The lowest BCUT2D eigenvalue weighted by atomic mass is 10.1. The zero-order chi connectivity index (χ0) is 16.9. The summed E-state index contributed by atoms with van der Waals surface area (Å²) in [6, 6.07) is 0. The SMILES string of the molecule is Cc1sc(S(N)(=O)=N[Si](C)(C)C(C)(C)C)nc1C(C)(C)O. The maximum absolute atomic E-state index is 12.9. The number of hydrogen-bond donors (Lipinski definition) is 2. The standard InChI is InChI=1S/C13H27N3O2S2Si/c1-9-10(13(5,6)17)15-11(19-9)20(14,18)16-21(7,8)12(2,3)4/h17H,1-8H3,(H2,14,16,18). The van der Waals surface area contributed by atoms with Gasteiger partial charge in [-0.3, -0.25) is 4.03 Å². The average molecular weight is 350 g/mol. The number of rotatable bonds is 3. The quantitative estimate of drug-likeness (QED) is 0.820. The Labute approximate surface area is 133 Å². The number of nitrogens with two attached hydrogens (primary N) is 1. The van der Waals surface area contributed by atoms with E-state index in [1.165, 1.54) is 11.3 Å². The van der Waals surface area contributed by atoms with Crippen molar-refractivity contribution in [2.24, 2.45) is 9.17 Å². The van der Waals surface area contributed by atoms with Crippen LogP contribution < -0.4 is 5.14 Å². The molecule has 1 rings (SSSR count). The Morgan fingerprint density at radius 2 is 1.76 bits per heavy atom. The maximum atomic E-state index is 12.9. The number of aryl methyl sites for hydroxylation is 1. The smallest absolute Gasteiger partial charge is 0.204 e. The summed E-state index contributed by atoms with van der Waals surface area (Å²) in [7, 11) is -5.18. The zero-order valence-corrected chi connectivity index (χ0v) is 16.8. The Morgan fingerprint density at radius 3 is 2.10 bits per heavy atom. The van der Waals surface area contributed by atoms with Crippen molar-refractivity contribution in [3.8, 4) is 0 Å². The number of nitrogens with zero attached hydrogens (tertiary/aromatic N) is 2. The second-order valence-corrected chi connectivity index (χ2v) is 15.7. The van der Waals surface area contributed by atoms with E-state index in [1.807, 2.05) is 6.92 Å². The van der Waals surface area contributed by atoms with Crippen LogP contribution in [0.1, 0.15) is 45.2 Å². The van der Waals surface area contributed by atoms with Crippen molar-refractivity contribution < 1.29 is 9.32 Å². The molecule has 1 heterocycles. The molecule has 122 valence electrons. The molecule has 0 saturated heterocycles. The van der Waals surface area contributed by atoms with E-state index in [2.05, 4.69) is 42.9 Å². The van der Waals surface area contributed by atoms with Crippen LogP contribution in [0.3, 0.4) is 0 Å². The van der Waals surface area contributed by atoms with Crippen LogP contribution >= 0.6 is 11.3 Å². The van der Waals surface area contributed by atoms with E-state index < -0.39 is 23.8 Å². The lowest BCUT2D eigenvalue weighted by Gasteiger charge is -2.32. The molecular formula is C13H27N3O2S2Si. The van der Waals surface area contributed by atoms with Gasteiger partial charge in [0.05, 0.1) is 5.69 Å². The van der Waals surface area contributed by atoms with Crippen LogP contribution in [0.4, 0.5) is 0 Å². The van der Waals surface area contributed by atoms with Gasteiger partial charge in [0.25, 0.3) is 0 Å². The van der Waals surface area contributed by atoms with Gasteiger partial charge in [-0.25, -0.2) is 14.3 Å². The fourth-order valence-electron chi connectivity index (χ4n) is 1.58. The summed E-state index contributed by atoms with van der Waals surface area (Å²) in [6.45, 7) is 15.5. The number of hydrogen-bond acceptors (Lipinski definition) is 5. The first kappa shape index (κ1) is 18.8. The van der Waals surface area contributed by atoms with E-state index in [0.717, 1.165) is 4.88 Å². The minimum atomic E-state index is -3.03. The van der Waals surface area contributed by atoms with Gasteiger partial charge in [-0.15, -0.1) is 11.3 Å². The Hall–Kier alpha value is -0.283. The van der Waals surface area contributed by atoms with Gasteiger partial charge in [0.15, 0.2) is 18.2 Å². The molecule has 0 spiro atoms. The third-order valence-electron chi connectivity index (χ3n) is 3.81. The van der Waals surface area contributed by atoms with Crippen molar-refractivity contribution in [3.05, 3.63) is 10.6 Å². The van der Waals surface area contributed by atoms with E-state index in [9.17, 15) is 9.32 Å². The van der Waals surface area contributed by atoms with E-state index in [4.69, 9.17) is 5.14 Å². The lowest BCUT2D eigenvalue weighted by molar-refractivity contribution is 0.0734. The average Bonchev–Trinajstić information content (AvgIpc) is 2.56. The van der Waals surface area contributed by atoms with Crippen LogP contribution in [-0.2, 0) is 15.5 Å². The summed E-state index contributed by atoms with van der Waals surface area (Å²) in [5.74, 6) is 0. The van der Waals surface area contributed by atoms with Gasteiger partial charge in [0.1, 0.15) is 5.60 Å². The van der Waals surface area contributed by atoms with Gasteiger partial charge >= 0.3 is 0 Å². The van der Waals surface area contributed by atoms with Crippen molar-refractivity contribution in [2.75, 3.05) is 0 Å². The van der Waals surface area contributed by atoms with Gasteiger partial charge in [0, 0.05) is 4.88 Å². The normalized spacial score (nSPS) is 16.7. The molecule has 8 heteroatoms. The summed E-state index contributed by atoms with van der Waals surface area (Å²) in [5.41, 5.74) is -0.559. The number of aliphatic hydroxyl groups is 1. The Morgan fingerprint density at radius 1 is 1.29 bits per heavy atom. The fraction of sp³-hybridized carbons (Fsp3) is 0.769. The molecule has 1 unspecified atom stereocenters. The number of thiazole rings is 1. The molecule has 5 nitrogen and oxygen atoms in total. The van der Waals surface area contributed by atoms with Gasteiger partial charge in [-0.2, -0.15) is 0 Å². The molecule has 0 saturated carbocycles. The molecule has 1 atom stereocenters. The van der Waals surface area contributed by atoms with E-state index in [0.29, 0.717) is 10.0 Å². The highest BCUT2D eigenvalue weighted by atomic mass is 32.2. The molecule has 0 amide bonds. The van der Waals surface area contributed by atoms with E-state index in [-0.39, 0.29) is 5.04 Å². The van der Waals surface area contributed by atoms with Crippen LogP contribution in [-0.4, -0.2) is 22.5 Å². The molecular weight excluding hydrogens is 322 g/mol. The summed E-state index contributed by atoms with van der Waals surface area (Å²) in [6.07, 6.45) is 0. The molecule has 21 heavy (non-hydrogen) atoms. The highest BCUT2D eigenvalue weighted by Crippen LogP contribution is 2.38. The Bertz CT molecular complexity index is 645. The largest absolute Gasteiger partial charge is 0.384 e. The summed E-state index contributed by atoms with van der Waals surface area (Å²) in [5, 5.41) is 16.1. The van der Waals surface area contributed by atoms with Crippen molar-refractivity contribution in [2.45, 2.75) is 69.6 Å². The van der Waals surface area contributed by atoms with Crippen LogP contribution in [0.15, 0.2) is 8.37 Å². The van der Waals surface area contributed by atoms with Crippen LogP contribution in [0.5, 0.6) is 0 Å². The van der Waals surface area contributed by atoms with Gasteiger partial charge in [-0.05, 0) is 38.9 Å². The number of aromatic nitrogens is 1. The van der Waals surface area contributed by atoms with Gasteiger partial charge in [-0.1, -0.05) is 20.8 Å². The second kappa shape index (κ2) is 5.41. The van der Waals surface area contributed by atoms with Crippen LogP contribution in [0.25, 0.3) is 0 Å². The predicted octanol–water partition coefficient (Wildman–Crippen LogP) is 3.38. The topological polar surface area (TPSA) is 88.6 Å². The molecule has 0 bridgehead atoms. The van der Waals surface area contributed by atoms with Crippen LogP contribution in [0.2, 0.25) is 18.1 Å². The zero-order valence-electron chi connectivity index (χ0n) is 14.1.